The third-order valence-electron chi connectivity index (χ3n) is 9.17. The maximum absolute atomic E-state index is 12.7. The quantitative estimate of drug-likeness (QED) is 0.0277. The number of ether oxygens (including phenoxy) is 1. The van der Waals surface area contributed by atoms with Gasteiger partial charge in [-0.1, -0.05) is 145 Å². The molecule has 9 heteroatoms. The average Bonchev–Trinajstić information content (AvgIpc) is 3.18. The van der Waals surface area contributed by atoms with Crippen LogP contribution >= 0.6 is 0 Å². The molecule has 0 aliphatic rings. The third kappa shape index (κ3) is 37.2. The lowest BCUT2D eigenvalue weighted by Gasteiger charge is -2.15. The van der Waals surface area contributed by atoms with Gasteiger partial charge in [0, 0.05) is 12.8 Å². The van der Waals surface area contributed by atoms with Gasteiger partial charge < -0.3 is 25.6 Å². The number of nitrogens with one attached hydrogen (secondary N) is 2. The summed E-state index contributed by atoms with van der Waals surface area (Å²) in [5.41, 5.74) is 0. The number of esters is 1. The van der Waals surface area contributed by atoms with Crippen LogP contribution in [0.5, 0.6) is 0 Å². The number of carboxylic acid groups (broad SMARTS) is 1. The number of unbranched alkanes of at least 4 members (excludes halogenated alkanes) is 14. The Hall–Kier alpha value is -3.72. The van der Waals surface area contributed by atoms with Gasteiger partial charge in [-0.25, -0.2) is 4.79 Å². The first-order chi connectivity index (χ1) is 27.3. The summed E-state index contributed by atoms with van der Waals surface area (Å²) in [6.07, 6.45) is 50.9. The van der Waals surface area contributed by atoms with Crippen molar-refractivity contribution in [2.75, 3.05) is 13.2 Å². The van der Waals surface area contributed by atoms with Crippen LogP contribution in [0.2, 0.25) is 0 Å². The van der Waals surface area contributed by atoms with Gasteiger partial charge in [-0.2, -0.15) is 0 Å². The fraction of sp³-hybridized carbons (Fsp3) is 0.660. The highest BCUT2D eigenvalue weighted by Crippen LogP contribution is 2.15. The molecular weight excluding hydrogens is 705 g/mol. The van der Waals surface area contributed by atoms with Crippen molar-refractivity contribution in [2.24, 2.45) is 0 Å². The summed E-state index contributed by atoms with van der Waals surface area (Å²) in [5, 5.41) is 22.5. The molecule has 0 aromatic heterocycles. The lowest BCUT2D eigenvalue weighted by Crippen LogP contribution is -2.47. The van der Waals surface area contributed by atoms with Crippen LogP contribution in [0.25, 0.3) is 0 Å². The summed E-state index contributed by atoms with van der Waals surface area (Å²) in [6.45, 7) is 3.32. The monoisotopic (exact) mass is 783 g/mol. The SMILES string of the molecule is CC/C=C\C/C=C\C/C=C\C/C=C\CCCCCCCCC(=O)OC(/C=C\C/C=C\CCCCC)CCCCCCCCC(=O)NCC(=O)NC(CO)C(=O)O. The van der Waals surface area contributed by atoms with E-state index in [1.54, 1.807) is 0 Å². The predicted octanol–water partition coefficient (Wildman–Crippen LogP) is 10.7. The van der Waals surface area contributed by atoms with Crippen molar-refractivity contribution >= 4 is 23.8 Å². The lowest BCUT2D eigenvalue weighted by molar-refractivity contribution is -0.147. The van der Waals surface area contributed by atoms with Gasteiger partial charge in [-0.15, -0.1) is 0 Å². The molecule has 0 saturated carbocycles. The molecule has 4 N–H and O–H groups in total. The van der Waals surface area contributed by atoms with Crippen LogP contribution in [0.3, 0.4) is 0 Å². The Kier molecular flexibility index (Phi) is 38.2. The molecule has 9 nitrogen and oxygen atoms in total. The van der Waals surface area contributed by atoms with Crippen LogP contribution in [-0.4, -0.2) is 59.3 Å². The van der Waals surface area contributed by atoms with Crippen LogP contribution in [-0.2, 0) is 23.9 Å². The van der Waals surface area contributed by atoms with Gasteiger partial charge in [0.15, 0.2) is 0 Å². The highest BCUT2D eigenvalue weighted by molar-refractivity contribution is 5.87. The second kappa shape index (κ2) is 40.9. The topological polar surface area (TPSA) is 142 Å². The van der Waals surface area contributed by atoms with Gasteiger partial charge >= 0.3 is 11.9 Å². The highest BCUT2D eigenvalue weighted by atomic mass is 16.5. The minimum atomic E-state index is -1.39. The number of carbonyl (C=O) groups is 4. The van der Waals surface area contributed by atoms with E-state index >= 15 is 0 Å². The Morgan fingerprint density at radius 3 is 1.64 bits per heavy atom. The third-order valence-corrected chi connectivity index (χ3v) is 9.17. The number of allylic oxidation sites excluding steroid dienone is 11. The summed E-state index contributed by atoms with van der Waals surface area (Å²) in [4.78, 5) is 47.4. The predicted molar refractivity (Wildman–Crippen MR) is 231 cm³/mol. The summed E-state index contributed by atoms with van der Waals surface area (Å²) in [5.74, 6) is -2.37. The fourth-order valence-corrected chi connectivity index (χ4v) is 5.83. The second-order valence-electron chi connectivity index (χ2n) is 14.4. The largest absolute Gasteiger partial charge is 0.480 e. The number of hydrogen-bond acceptors (Lipinski definition) is 6. The zero-order valence-electron chi connectivity index (χ0n) is 35.1. The molecule has 318 valence electrons. The fourth-order valence-electron chi connectivity index (χ4n) is 5.83. The minimum Gasteiger partial charge on any atom is -0.480 e. The van der Waals surface area contributed by atoms with Crippen molar-refractivity contribution in [1.82, 2.24) is 10.6 Å². The van der Waals surface area contributed by atoms with Crippen LogP contribution in [0.1, 0.15) is 174 Å². The zero-order valence-corrected chi connectivity index (χ0v) is 35.1. The lowest BCUT2D eigenvalue weighted by atomic mass is 10.1. The molecule has 0 rings (SSSR count). The normalized spacial score (nSPS) is 13.2. The summed E-state index contributed by atoms with van der Waals surface area (Å²) in [7, 11) is 0. The van der Waals surface area contributed by atoms with Crippen molar-refractivity contribution in [2.45, 2.75) is 187 Å². The van der Waals surface area contributed by atoms with Crippen molar-refractivity contribution in [1.29, 1.82) is 0 Å². The Bertz CT molecular complexity index is 1170. The van der Waals surface area contributed by atoms with Gasteiger partial charge in [0.2, 0.25) is 11.8 Å². The van der Waals surface area contributed by atoms with Crippen molar-refractivity contribution < 1.29 is 34.1 Å². The van der Waals surface area contributed by atoms with Gasteiger partial charge in [-0.05, 0) is 89.5 Å². The molecule has 0 aliphatic heterocycles. The molecule has 0 aliphatic carbocycles. The number of hydrogen-bond donors (Lipinski definition) is 4. The first kappa shape index (κ1) is 52.3. The number of aliphatic hydroxyl groups is 1. The molecule has 2 atom stereocenters. The maximum atomic E-state index is 12.7. The molecule has 0 aromatic carbocycles. The molecule has 2 amide bonds. The van der Waals surface area contributed by atoms with Crippen molar-refractivity contribution in [3.63, 3.8) is 0 Å². The number of carboxylic acids is 1. The standard InChI is InChI=1S/C47H78N2O7/c1-3-5-7-9-11-13-14-15-16-17-18-19-20-21-22-23-25-31-35-39-46(53)56-42(36-32-28-24-12-10-8-6-4-2)37-33-29-26-27-30-34-38-44(51)48-40-45(52)49-43(41-50)47(54)55/h5,7,11-13,15-16,18-19,24,32,36,42-43,50H,3-4,6,8-10,14,17,20-23,25-31,33-35,37-41H2,1-2H3,(H,48,51)(H,49,52)(H,54,55)/b7-5-,13-11-,16-15-,19-18-,24-12-,36-32-. The zero-order chi connectivity index (χ0) is 41.2. The van der Waals surface area contributed by atoms with Crippen LogP contribution in [0, 0.1) is 0 Å². The number of aliphatic carboxylic acids is 1. The number of amides is 2. The smallest absolute Gasteiger partial charge is 0.328 e. The minimum absolute atomic E-state index is 0.111. The first-order valence-electron chi connectivity index (χ1n) is 21.8. The number of carbonyl (C=O) groups excluding carboxylic acids is 3. The Morgan fingerprint density at radius 2 is 1.07 bits per heavy atom. The average molecular weight is 783 g/mol. The molecule has 0 saturated heterocycles. The number of aliphatic hydroxyl groups excluding tert-OH is 1. The van der Waals surface area contributed by atoms with E-state index in [1.807, 2.05) is 0 Å². The van der Waals surface area contributed by atoms with E-state index in [-0.39, 0.29) is 30.9 Å². The Morgan fingerprint density at radius 1 is 0.571 bits per heavy atom. The van der Waals surface area contributed by atoms with E-state index in [1.165, 1.54) is 38.5 Å². The van der Waals surface area contributed by atoms with Gasteiger partial charge in [0.05, 0.1) is 13.2 Å². The molecule has 0 aromatic rings. The van der Waals surface area contributed by atoms with E-state index in [2.05, 4.69) is 97.4 Å². The molecule has 2 unspecified atom stereocenters. The van der Waals surface area contributed by atoms with Gasteiger partial charge in [-0.3, -0.25) is 14.4 Å². The van der Waals surface area contributed by atoms with E-state index in [9.17, 15) is 19.2 Å². The molecule has 0 heterocycles. The van der Waals surface area contributed by atoms with Crippen molar-refractivity contribution in [3.8, 4) is 0 Å². The summed E-state index contributed by atoms with van der Waals surface area (Å²) in [6, 6.07) is -1.39. The van der Waals surface area contributed by atoms with E-state index in [0.717, 1.165) is 103 Å². The summed E-state index contributed by atoms with van der Waals surface area (Å²) < 4.78 is 5.92. The van der Waals surface area contributed by atoms with Gasteiger partial charge in [0.1, 0.15) is 12.1 Å². The molecule has 0 radical (unpaired) electrons. The van der Waals surface area contributed by atoms with Crippen LogP contribution in [0.4, 0.5) is 0 Å². The molecule has 56 heavy (non-hydrogen) atoms. The maximum Gasteiger partial charge on any atom is 0.328 e. The summed E-state index contributed by atoms with van der Waals surface area (Å²) >= 11 is 0. The molecular formula is C47H78N2O7. The highest BCUT2D eigenvalue weighted by Gasteiger charge is 2.18. The number of rotatable bonds is 38. The second-order valence-corrected chi connectivity index (χ2v) is 14.4. The Balaban J connectivity index is 4.26. The molecule has 0 spiro atoms. The van der Waals surface area contributed by atoms with Gasteiger partial charge in [0.25, 0.3) is 0 Å². The van der Waals surface area contributed by atoms with E-state index in [0.29, 0.717) is 12.8 Å². The van der Waals surface area contributed by atoms with E-state index in [4.69, 9.17) is 14.9 Å². The Labute approximate surface area is 340 Å². The molecule has 0 bridgehead atoms. The first-order valence-corrected chi connectivity index (χ1v) is 21.8. The van der Waals surface area contributed by atoms with Crippen LogP contribution in [0.15, 0.2) is 72.9 Å². The molecule has 0 fully saturated rings. The van der Waals surface area contributed by atoms with Crippen molar-refractivity contribution in [3.05, 3.63) is 72.9 Å². The van der Waals surface area contributed by atoms with Crippen LogP contribution < -0.4 is 10.6 Å². The van der Waals surface area contributed by atoms with E-state index < -0.39 is 24.5 Å².